The van der Waals surface area contributed by atoms with Gasteiger partial charge in [-0.3, -0.25) is 4.79 Å². The Balaban J connectivity index is 2.11. The van der Waals surface area contributed by atoms with Crippen molar-refractivity contribution in [1.29, 1.82) is 0 Å². The monoisotopic (exact) mass is 224 g/mol. The molecule has 0 aliphatic carbocycles. The Bertz CT molecular complexity index is 605. The third-order valence-electron chi connectivity index (χ3n) is 3.01. The van der Waals surface area contributed by atoms with Crippen LogP contribution in [-0.2, 0) is 6.54 Å². The van der Waals surface area contributed by atoms with Gasteiger partial charge in [-0.15, -0.1) is 0 Å². The van der Waals surface area contributed by atoms with Gasteiger partial charge in [0.25, 0.3) is 5.91 Å². The number of hydrogen-bond donors (Lipinski definition) is 2. The van der Waals surface area contributed by atoms with Gasteiger partial charge in [0.05, 0.1) is 0 Å². The quantitative estimate of drug-likeness (QED) is 0.729. The summed E-state index contributed by atoms with van der Waals surface area (Å²) >= 11 is 0. The zero-order valence-corrected chi connectivity index (χ0v) is 9.23. The second kappa shape index (κ2) is 3.63. The van der Waals surface area contributed by atoms with Crippen LogP contribution in [0.1, 0.15) is 15.9 Å². The van der Waals surface area contributed by atoms with Crippen LogP contribution < -0.4 is 11.1 Å². The lowest BCUT2D eigenvalue weighted by Gasteiger charge is -2.04. The Hall–Kier alpha value is -2.29. The van der Waals surface area contributed by atoms with Gasteiger partial charge in [0.2, 0.25) is 0 Å². The van der Waals surface area contributed by atoms with Crippen molar-refractivity contribution < 1.29 is 4.79 Å². The highest BCUT2D eigenvalue weighted by molar-refractivity contribution is 5.99. The second-order valence-electron chi connectivity index (χ2n) is 4.18. The van der Waals surface area contributed by atoms with Gasteiger partial charge in [-0.25, -0.2) is 0 Å². The topological polar surface area (TPSA) is 55.1 Å². The van der Waals surface area contributed by atoms with E-state index in [-0.39, 0.29) is 5.91 Å². The molecule has 0 saturated heterocycles. The summed E-state index contributed by atoms with van der Waals surface area (Å²) in [6.45, 7) is 0.630. The van der Waals surface area contributed by atoms with Gasteiger partial charge in [-0.2, -0.15) is 0 Å². The number of carbonyl (C=O) groups excluding carboxylic acids is 1. The lowest BCUT2D eigenvalue weighted by Crippen LogP contribution is -2.12. The number of carbonyl (C=O) groups is 1. The highest BCUT2D eigenvalue weighted by Crippen LogP contribution is 2.26. The fourth-order valence-corrected chi connectivity index (χ4v) is 2.11. The summed E-state index contributed by atoms with van der Waals surface area (Å²) in [4.78, 5) is 11.6. The maximum absolute atomic E-state index is 11.6. The minimum absolute atomic E-state index is 0.00533. The van der Waals surface area contributed by atoms with E-state index in [2.05, 4.69) is 5.32 Å². The molecule has 0 atom stereocenters. The van der Waals surface area contributed by atoms with Crippen molar-refractivity contribution in [2.45, 2.75) is 6.54 Å². The Kier molecular flexibility index (Phi) is 2.11. The minimum atomic E-state index is 0.00533. The Morgan fingerprint density at radius 2 is 1.88 bits per heavy atom. The fourth-order valence-electron chi connectivity index (χ4n) is 2.11. The van der Waals surface area contributed by atoms with E-state index in [4.69, 9.17) is 5.73 Å². The molecule has 0 radical (unpaired) electrons. The molecule has 3 heteroatoms. The molecule has 3 nitrogen and oxygen atoms in total. The second-order valence-corrected chi connectivity index (χ2v) is 4.18. The largest absolute Gasteiger partial charge is 0.399 e. The van der Waals surface area contributed by atoms with Crippen molar-refractivity contribution in [3.63, 3.8) is 0 Å². The molecule has 1 heterocycles. The summed E-state index contributed by atoms with van der Waals surface area (Å²) in [5.74, 6) is 0.00533. The maximum Gasteiger partial charge on any atom is 0.251 e. The summed E-state index contributed by atoms with van der Waals surface area (Å²) in [6, 6.07) is 13.6. The van der Waals surface area contributed by atoms with Gasteiger partial charge in [-0.1, -0.05) is 24.3 Å². The van der Waals surface area contributed by atoms with Crippen LogP contribution in [0.2, 0.25) is 0 Å². The predicted molar refractivity (Wildman–Crippen MR) is 67.5 cm³/mol. The van der Waals surface area contributed by atoms with E-state index in [1.165, 1.54) is 0 Å². The molecule has 1 amide bonds. The fraction of sp³-hybridized carbons (Fsp3) is 0.0714. The van der Waals surface area contributed by atoms with E-state index < -0.39 is 0 Å². The normalized spacial score (nSPS) is 13.3. The van der Waals surface area contributed by atoms with Crippen LogP contribution in [0.5, 0.6) is 0 Å². The number of benzene rings is 2. The maximum atomic E-state index is 11.6. The molecule has 0 unspecified atom stereocenters. The molecular weight excluding hydrogens is 212 g/mol. The van der Waals surface area contributed by atoms with Gasteiger partial charge >= 0.3 is 0 Å². The molecule has 84 valence electrons. The van der Waals surface area contributed by atoms with Gasteiger partial charge < -0.3 is 11.1 Å². The van der Waals surface area contributed by atoms with Crippen molar-refractivity contribution in [2.24, 2.45) is 0 Å². The van der Waals surface area contributed by atoms with Crippen LogP contribution in [0.4, 0.5) is 5.69 Å². The van der Waals surface area contributed by atoms with E-state index in [9.17, 15) is 4.79 Å². The number of nitrogen functional groups attached to an aromatic ring is 1. The smallest absolute Gasteiger partial charge is 0.251 e. The predicted octanol–water partition coefficient (Wildman–Crippen LogP) is 2.18. The van der Waals surface area contributed by atoms with Gasteiger partial charge in [-0.05, 0) is 34.9 Å². The summed E-state index contributed by atoms with van der Waals surface area (Å²) in [7, 11) is 0. The molecule has 3 N–H and O–H groups in total. The van der Waals surface area contributed by atoms with E-state index >= 15 is 0 Å². The van der Waals surface area contributed by atoms with Crippen LogP contribution in [0, 0.1) is 0 Å². The zero-order valence-electron chi connectivity index (χ0n) is 9.23. The van der Waals surface area contributed by atoms with Crippen LogP contribution in [0.3, 0.4) is 0 Å². The summed E-state index contributed by atoms with van der Waals surface area (Å²) < 4.78 is 0. The molecule has 2 aromatic rings. The van der Waals surface area contributed by atoms with Crippen molar-refractivity contribution >= 4 is 11.6 Å². The third kappa shape index (κ3) is 1.65. The molecule has 1 aliphatic rings. The number of anilines is 1. The van der Waals surface area contributed by atoms with E-state index in [1.807, 2.05) is 42.5 Å². The molecular formula is C14H12N2O. The van der Waals surface area contributed by atoms with E-state index in [1.54, 1.807) is 0 Å². The van der Waals surface area contributed by atoms with Crippen molar-refractivity contribution in [3.8, 4) is 11.1 Å². The minimum Gasteiger partial charge on any atom is -0.399 e. The van der Waals surface area contributed by atoms with Crippen molar-refractivity contribution in [3.05, 3.63) is 53.6 Å². The summed E-state index contributed by atoms with van der Waals surface area (Å²) in [5.41, 5.74) is 10.4. The van der Waals surface area contributed by atoms with Gasteiger partial charge in [0.15, 0.2) is 0 Å². The SMILES string of the molecule is Nc1cccc(-c2ccc3c(c2)C(=O)NC3)c1. The molecule has 0 spiro atoms. The average Bonchev–Trinajstić information content (AvgIpc) is 2.71. The lowest BCUT2D eigenvalue weighted by atomic mass is 10.00. The van der Waals surface area contributed by atoms with Crippen LogP contribution >= 0.6 is 0 Å². The van der Waals surface area contributed by atoms with Crippen LogP contribution in [-0.4, -0.2) is 5.91 Å². The number of amides is 1. The summed E-state index contributed by atoms with van der Waals surface area (Å²) in [6.07, 6.45) is 0. The molecule has 2 aromatic carbocycles. The van der Waals surface area contributed by atoms with Crippen LogP contribution in [0.25, 0.3) is 11.1 Å². The highest BCUT2D eigenvalue weighted by Gasteiger charge is 2.18. The molecule has 0 bridgehead atoms. The molecule has 0 saturated carbocycles. The van der Waals surface area contributed by atoms with Gasteiger partial charge in [0.1, 0.15) is 0 Å². The molecule has 0 fully saturated rings. The number of rotatable bonds is 1. The molecule has 0 aromatic heterocycles. The number of nitrogens with two attached hydrogens (primary N) is 1. The third-order valence-corrected chi connectivity index (χ3v) is 3.01. The standard InChI is InChI=1S/C14H12N2O/c15-12-3-1-2-9(6-12)10-4-5-11-8-16-14(17)13(11)7-10/h1-7H,8,15H2,(H,16,17). The molecule has 3 rings (SSSR count). The molecule has 17 heavy (non-hydrogen) atoms. The molecule has 1 aliphatic heterocycles. The number of fused-ring (bicyclic) bond motifs is 1. The zero-order chi connectivity index (χ0) is 11.8. The average molecular weight is 224 g/mol. The van der Waals surface area contributed by atoms with Crippen LogP contribution in [0.15, 0.2) is 42.5 Å². The Morgan fingerprint density at radius 3 is 2.71 bits per heavy atom. The Labute approximate surface area is 99.3 Å². The number of hydrogen-bond acceptors (Lipinski definition) is 2. The summed E-state index contributed by atoms with van der Waals surface area (Å²) in [5, 5.41) is 2.81. The number of nitrogens with one attached hydrogen (secondary N) is 1. The van der Waals surface area contributed by atoms with E-state index in [0.29, 0.717) is 6.54 Å². The van der Waals surface area contributed by atoms with Gasteiger partial charge in [0, 0.05) is 17.8 Å². The first-order chi connectivity index (χ1) is 8.24. The first-order valence-corrected chi connectivity index (χ1v) is 5.51. The van der Waals surface area contributed by atoms with E-state index in [0.717, 1.165) is 27.9 Å². The first-order valence-electron chi connectivity index (χ1n) is 5.51. The van der Waals surface area contributed by atoms with Crippen molar-refractivity contribution in [2.75, 3.05) is 5.73 Å². The first kappa shape index (κ1) is 9.90. The van der Waals surface area contributed by atoms with Crippen molar-refractivity contribution in [1.82, 2.24) is 5.32 Å². The Morgan fingerprint density at radius 1 is 1.06 bits per heavy atom. The lowest BCUT2D eigenvalue weighted by molar-refractivity contribution is 0.0966. The highest BCUT2D eigenvalue weighted by atomic mass is 16.1.